The molecule has 2 nitrogen and oxygen atoms in total. The Labute approximate surface area is 87.4 Å². The number of ether oxygens (including phenoxy) is 1. The van der Waals surface area contributed by atoms with Crippen LogP contribution in [0.3, 0.4) is 0 Å². The number of alkyl halides is 2. The van der Waals surface area contributed by atoms with E-state index in [1.54, 1.807) is 24.3 Å². The average Bonchev–Trinajstić information content (AvgIpc) is 2.25. The molecule has 4 heteroatoms. The molecule has 2 N–H and O–H groups in total. The lowest BCUT2D eigenvalue weighted by molar-refractivity contribution is 0.147. The molecule has 0 fully saturated rings. The summed E-state index contributed by atoms with van der Waals surface area (Å²) in [5.74, 6) is 0.198. The summed E-state index contributed by atoms with van der Waals surface area (Å²) in [6.45, 7) is 0.319. The van der Waals surface area contributed by atoms with Gasteiger partial charge < -0.3 is 10.5 Å². The van der Waals surface area contributed by atoms with Crippen LogP contribution in [0.1, 0.15) is 17.6 Å². The number of halogens is 2. The highest BCUT2D eigenvalue weighted by atomic mass is 19.3. The van der Waals surface area contributed by atoms with Gasteiger partial charge in [-0.2, -0.15) is 0 Å². The Morgan fingerprint density at radius 3 is 2.73 bits per heavy atom. The van der Waals surface area contributed by atoms with E-state index in [0.717, 1.165) is 0 Å². The molecule has 1 rings (SSSR count). The van der Waals surface area contributed by atoms with E-state index >= 15 is 0 Å². The van der Waals surface area contributed by atoms with Gasteiger partial charge in [0.15, 0.2) is 0 Å². The molecule has 1 aromatic carbocycles. The molecule has 0 heterocycles. The van der Waals surface area contributed by atoms with Gasteiger partial charge in [0.25, 0.3) is 6.43 Å². The normalized spacial score (nSPS) is 11.3. The Hall–Kier alpha value is -1.42. The molecule has 0 bridgehead atoms. The number of nitrogens with two attached hydrogens (primary N) is 1. The van der Waals surface area contributed by atoms with Gasteiger partial charge in [-0.25, -0.2) is 8.78 Å². The van der Waals surface area contributed by atoms with Crippen LogP contribution in [0.4, 0.5) is 8.78 Å². The Morgan fingerprint density at radius 1 is 1.47 bits per heavy atom. The van der Waals surface area contributed by atoms with E-state index in [1.807, 2.05) is 0 Å². The van der Waals surface area contributed by atoms with E-state index in [9.17, 15) is 8.78 Å². The van der Waals surface area contributed by atoms with Crippen molar-refractivity contribution in [2.24, 2.45) is 5.73 Å². The molecule has 15 heavy (non-hydrogen) atoms. The first-order chi connectivity index (χ1) is 7.20. The predicted octanol–water partition coefficient (Wildman–Crippen LogP) is 2.60. The molecule has 0 aromatic heterocycles. The topological polar surface area (TPSA) is 35.2 Å². The summed E-state index contributed by atoms with van der Waals surface area (Å²) in [5, 5.41) is 0. The van der Waals surface area contributed by atoms with Crippen molar-refractivity contribution in [1.82, 2.24) is 0 Å². The average molecular weight is 213 g/mol. The summed E-state index contributed by atoms with van der Waals surface area (Å²) in [5.41, 5.74) is 5.61. The molecule has 0 atom stereocenters. The molecular formula is C11H13F2NO. The number of hydrogen-bond acceptors (Lipinski definition) is 2. The molecule has 0 saturated carbocycles. The highest BCUT2D eigenvalue weighted by Gasteiger charge is 2.16. The van der Waals surface area contributed by atoms with Gasteiger partial charge in [0.05, 0.1) is 12.7 Å². The monoisotopic (exact) mass is 213 g/mol. The maximum Gasteiger partial charge on any atom is 0.267 e. The Morgan fingerprint density at radius 2 is 2.20 bits per heavy atom. The minimum Gasteiger partial charge on any atom is -0.496 e. The van der Waals surface area contributed by atoms with Crippen molar-refractivity contribution in [1.29, 1.82) is 0 Å². The van der Waals surface area contributed by atoms with Crippen molar-refractivity contribution < 1.29 is 13.5 Å². The molecule has 0 aliphatic carbocycles. The van der Waals surface area contributed by atoms with E-state index in [4.69, 9.17) is 10.5 Å². The smallest absolute Gasteiger partial charge is 0.267 e. The number of hydrogen-bond donors (Lipinski definition) is 1. The van der Waals surface area contributed by atoms with Crippen molar-refractivity contribution in [3.05, 3.63) is 35.4 Å². The van der Waals surface area contributed by atoms with Gasteiger partial charge in [-0.15, -0.1) is 0 Å². The van der Waals surface area contributed by atoms with Crippen LogP contribution in [0.15, 0.2) is 24.3 Å². The molecule has 82 valence electrons. The van der Waals surface area contributed by atoms with Crippen LogP contribution in [0.2, 0.25) is 0 Å². The fourth-order valence-electron chi connectivity index (χ4n) is 1.31. The van der Waals surface area contributed by atoms with Gasteiger partial charge >= 0.3 is 0 Å². The van der Waals surface area contributed by atoms with Crippen molar-refractivity contribution in [3.63, 3.8) is 0 Å². The number of benzene rings is 1. The standard InChI is InChI=1S/C11H13F2NO/c1-15-9-6-2-4-8(5-3-7-14)10(9)11(12)13/h2-6,11H,7,14H2,1H3/b5-3+. The molecule has 0 aliphatic heterocycles. The SMILES string of the molecule is COc1cccc(/C=C/CN)c1C(F)F. The fourth-order valence-corrected chi connectivity index (χ4v) is 1.31. The third kappa shape index (κ3) is 2.76. The van der Waals surface area contributed by atoms with Crippen LogP contribution < -0.4 is 10.5 Å². The van der Waals surface area contributed by atoms with E-state index in [1.165, 1.54) is 13.2 Å². The summed E-state index contributed by atoms with van der Waals surface area (Å²) < 4.78 is 30.4. The predicted molar refractivity (Wildman–Crippen MR) is 56.0 cm³/mol. The highest BCUT2D eigenvalue weighted by Crippen LogP contribution is 2.32. The Bertz CT molecular complexity index is 350. The van der Waals surface area contributed by atoms with Crippen molar-refractivity contribution in [3.8, 4) is 5.75 Å². The van der Waals surface area contributed by atoms with Gasteiger partial charge in [-0.3, -0.25) is 0 Å². The zero-order chi connectivity index (χ0) is 11.3. The fraction of sp³-hybridized carbons (Fsp3) is 0.273. The molecule has 0 unspecified atom stereocenters. The quantitative estimate of drug-likeness (QED) is 0.834. The largest absolute Gasteiger partial charge is 0.496 e. The summed E-state index contributed by atoms with van der Waals surface area (Å²) in [6, 6.07) is 4.79. The molecule has 0 aliphatic rings. The number of rotatable bonds is 4. The van der Waals surface area contributed by atoms with Gasteiger partial charge in [0, 0.05) is 6.54 Å². The minimum absolute atomic E-state index is 0.0929. The minimum atomic E-state index is -2.56. The first kappa shape index (κ1) is 11.7. The zero-order valence-corrected chi connectivity index (χ0v) is 8.41. The lowest BCUT2D eigenvalue weighted by Crippen LogP contribution is -1.97. The van der Waals surface area contributed by atoms with Gasteiger partial charge in [-0.05, 0) is 11.6 Å². The van der Waals surface area contributed by atoms with Crippen LogP contribution in [0.5, 0.6) is 5.75 Å². The van der Waals surface area contributed by atoms with Crippen molar-refractivity contribution in [2.45, 2.75) is 6.43 Å². The summed E-state index contributed by atoms with van der Waals surface area (Å²) in [7, 11) is 1.37. The second kappa shape index (κ2) is 5.46. The molecule has 0 saturated heterocycles. The van der Waals surface area contributed by atoms with E-state index in [2.05, 4.69) is 0 Å². The Balaban J connectivity index is 3.19. The van der Waals surface area contributed by atoms with E-state index in [0.29, 0.717) is 12.1 Å². The van der Waals surface area contributed by atoms with Crippen LogP contribution in [0, 0.1) is 0 Å². The highest BCUT2D eigenvalue weighted by molar-refractivity contribution is 5.58. The maximum atomic E-state index is 12.8. The zero-order valence-electron chi connectivity index (χ0n) is 8.41. The molecule has 0 amide bonds. The van der Waals surface area contributed by atoms with Gasteiger partial charge in [0.2, 0.25) is 0 Å². The molecular weight excluding hydrogens is 200 g/mol. The maximum absolute atomic E-state index is 12.8. The van der Waals surface area contributed by atoms with Crippen molar-refractivity contribution in [2.75, 3.05) is 13.7 Å². The third-order valence-electron chi connectivity index (χ3n) is 1.97. The first-order valence-electron chi connectivity index (χ1n) is 4.52. The molecule has 0 radical (unpaired) electrons. The van der Waals surface area contributed by atoms with Crippen molar-refractivity contribution >= 4 is 6.08 Å². The van der Waals surface area contributed by atoms with E-state index < -0.39 is 6.43 Å². The van der Waals surface area contributed by atoms with E-state index in [-0.39, 0.29) is 11.3 Å². The van der Waals surface area contributed by atoms with Gasteiger partial charge in [0.1, 0.15) is 5.75 Å². The summed E-state index contributed by atoms with van der Waals surface area (Å²) in [6.07, 6.45) is 0.642. The first-order valence-corrected chi connectivity index (χ1v) is 4.52. The Kier molecular flexibility index (Phi) is 4.24. The van der Waals surface area contributed by atoms with Crippen LogP contribution in [-0.2, 0) is 0 Å². The second-order valence-corrected chi connectivity index (χ2v) is 2.90. The van der Waals surface area contributed by atoms with Crippen LogP contribution in [0.25, 0.3) is 6.08 Å². The second-order valence-electron chi connectivity index (χ2n) is 2.90. The van der Waals surface area contributed by atoms with Crippen LogP contribution >= 0.6 is 0 Å². The van der Waals surface area contributed by atoms with Gasteiger partial charge in [-0.1, -0.05) is 24.3 Å². The molecule has 1 aromatic rings. The molecule has 0 spiro atoms. The number of methoxy groups -OCH3 is 1. The lowest BCUT2D eigenvalue weighted by Gasteiger charge is -2.10. The van der Waals surface area contributed by atoms with Crippen LogP contribution in [-0.4, -0.2) is 13.7 Å². The summed E-state index contributed by atoms with van der Waals surface area (Å²) in [4.78, 5) is 0. The third-order valence-corrected chi connectivity index (χ3v) is 1.97. The summed E-state index contributed by atoms with van der Waals surface area (Å²) >= 11 is 0. The lowest BCUT2D eigenvalue weighted by atomic mass is 10.1.